The number of carboxylic acids is 1. The minimum absolute atomic E-state index is 0.106. The van der Waals surface area contributed by atoms with Gasteiger partial charge in [-0.25, -0.2) is 0 Å². The summed E-state index contributed by atoms with van der Waals surface area (Å²) in [6.07, 6.45) is 36.3. The number of carbonyl (C=O) groups excluding carboxylic acids is 1. The zero-order valence-corrected chi connectivity index (χ0v) is 30.6. The van der Waals surface area contributed by atoms with E-state index in [1.165, 1.54) is 154 Å². The summed E-state index contributed by atoms with van der Waals surface area (Å²) in [6.45, 7) is 7.46. The maximum absolute atomic E-state index is 13.0. The Bertz CT molecular complexity index is 622. The number of ether oxygens (including phenoxy) is 2. The van der Waals surface area contributed by atoms with Crippen molar-refractivity contribution in [3.05, 3.63) is 0 Å². The van der Waals surface area contributed by atoms with Gasteiger partial charge in [0.05, 0.1) is 18.9 Å². The van der Waals surface area contributed by atoms with Crippen molar-refractivity contribution in [1.29, 1.82) is 0 Å². The zero-order chi connectivity index (χ0) is 33.1. The predicted octanol–water partition coefficient (Wildman–Crippen LogP) is 12.9. The second-order valence-corrected chi connectivity index (χ2v) is 13.8. The molecule has 0 spiro atoms. The van der Waals surface area contributed by atoms with E-state index in [1.807, 2.05) is 0 Å². The predicted molar refractivity (Wildman–Crippen MR) is 192 cm³/mol. The van der Waals surface area contributed by atoms with Gasteiger partial charge in [-0.1, -0.05) is 188 Å². The molecular formula is C40H78O5. The number of hydrogen-bond acceptors (Lipinski definition) is 4. The van der Waals surface area contributed by atoms with E-state index in [1.54, 1.807) is 0 Å². The molecule has 5 heteroatoms. The van der Waals surface area contributed by atoms with Gasteiger partial charge in [0.25, 0.3) is 0 Å². The summed E-state index contributed by atoms with van der Waals surface area (Å²) in [6, 6.07) is 0. The SMILES string of the molecule is CCCCCCCCCCCCOC(CCCCCCCCCCC)CC(=O)OC(CCCCCCCCCCC)CC(=O)O. The first-order chi connectivity index (χ1) is 22.0. The lowest BCUT2D eigenvalue weighted by Gasteiger charge is -2.20. The molecule has 45 heavy (non-hydrogen) atoms. The molecule has 2 unspecified atom stereocenters. The molecule has 0 aliphatic heterocycles. The van der Waals surface area contributed by atoms with Crippen LogP contribution in [0.15, 0.2) is 0 Å². The molecule has 0 aromatic rings. The van der Waals surface area contributed by atoms with Crippen LogP contribution in [0.3, 0.4) is 0 Å². The zero-order valence-electron chi connectivity index (χ0n) is 30.6. The van der Waals surface area contributed by atoms with Gasteiger partial charge in [-0.05, 0) is 25.7 Å². The van der Waals surface area contributed by atoms with Gasteiger partial charge in [0, 0.05) is 6.61 Å². The van der Waals surface area contributed by atoms with E-state index in [0.717, 1.165) is 32.1 Å². The van der Waals surface area contributed by atoms with Crippen LogP contribution in [0.1, 0.15) is 226 Å². The Hall–Kier alpha value is -1.10. The fraction of sp³-hybridized carbons (Fsp3) is 0.950. The molecule has 0 radical (unpaired) electrons. The van der Waals surface area contributed by atoms with Gasteiger partial charge >= 0.3 is 11.9 Å². The van der Waals surface area contributed by atoms with E-state index in [4.69, 9.17) is 9.47 Å². The van der Waals surface area contributed by atoms with Crippen LogP contribution in [0.4, 0.5) is 0 Å². The van der Waals surface area contributed by atoms with Crippen molar-refractivity contribution in [1.82, 2.24) is 0 Å². The highest BCUT2D eigenvalue weighted by Crippen LogP contribution is 2.19. The number of carboxylic acid groups (broad SMARTS) is 1. The molecule has 0 saturated heterocycles. The molecule has 0 rings (SSSR count). The van der Waals surface area contributed by atoms with Crippen molar-refractivity contribution in [2.75, 3.05) is 6.61 Å². The third kappa shape index (κ3) is 34.1. The Balaban J connectivity index is 4.50. The average molecular weight is 639 g/mol. The number of aliphatic carboxylic acids is 1. The van der Waals surface area contributed by atoms with Crippen molar-refractivity contribution < 1.29 is 24.2 Å². The molecule has 0 aliphatic carbocycles. The normalized spacial score (nSPS) is 12.8. The van der Waals surface area contributed by atoms with E-state index in [-0.39, 0.29) is 24.9 Å². The molecule has 1 N–H and O–H groups in total. The van der Waals surface area contributed by atoms with E-state index in [2.05, 4.69) is 20.8 Å². The Labute approximate surface area is 280 Å². The van der Waals surface area contributed by atoms with Crippen molar-refractivity contribution in [3.63, 3.8) is 0 Å². The standard InChI is InChI=1S/C40H78O5/c1-4-7-10-13-16-19-22-25-28-31-34-44-37(32-29-26-23-20-17-14-11-8-5-2)36-40(43)45-38(35-39(41)42)33-30-27-24-21-18-15-12-9-6-3/h37-38H,4-36H2,1-3H3,(H,41,42). The van der Waals surface area contributed by atoms with E-state index < -0.39 is 12.1 Å². The first kappa shape index (κ1) is 43.9. The average Bonchev–Trinajstić information content (AvgIpc) is 3.01. The summed E-state index contributed by atoms with van der Waals surface area (Å²) in [5.74, 6) is -1.19. The molecule has 0 aromatic carbocycles. The molecule has 0 fully saturated rings. The number of esters is 1. The maximum atomic E-state index is 13.0. The molecule has 0 amide bonds. The minimum atomic E-state index is -0.896. The number of hydrogen-bond donors (Lipinski definition) is 1. The molecule has 2 atom stereocenters. The molecule has 0 aromatic heterocycles. The number of unbranched alkanes of at least 4 members (excludes halogenated alkanes) is 25. The molecule has 0 bridgehead atoms. The van der Waals surface area contributed by atoms with Gasteiger partial charge in [0.1, 0.15) is 6.10 Å². The molecule has 0 heterocycles. The second kappa shape index (κ2) is 35.7. The Kier molecular flexibility index (Phi) is 34.9. The molecule has 0 aliphatic rings. The molecule has 268 valence electrons. The van der Waals surface area contributed by atoms with Crippen molar-refractivity contribution in [2.45, 2.75) is 238 Å². The van der Waals surface area contributed by atoms with Crippen molar-refractivity contribution in [3.8, 4) is 0 Å². The largest absolute Gasteiger partial charge is 0.481 e. The van der Waals surface area contributed by atoms with Crippen LogP contribution in [0.25, 0.3) is 0 Å². The van der Waals surface area contributed by atoms with Crippen LogP contribution in [0.2, 0.25) is 0 Å². The summed E-state index contributed by atoms with van der Waals surface area (Å²) in [5.41, 5.74) is 0. The quantitative estimate of drug-likeness (QED) is 0.0541. The molecule has 5 nitrogen and oxygen atoms in total. The first-order valence-corrected chi connectivity index (χ1v) is 20.1. The highest BCUT2D eigenvalue weighted by molar-refractivity contribution is 5.72. The van der Waals surface area contributed by atoms with Crippen LogP contribution in [0, 0.1) is 0 Å². The van der Waals surface area contributed by atoms with Crippen molar-refractivity contribution in [2.24, 2.45) is 0 Å². The summed E-state index contributed by atoms with van der Waals surface area (Å²) in [4.78, 5) is 24.5. The van der Waals surface area contributed by atoms with Gasteiger partial charge in [-0.3, -0.25) is 9.59 Å². The van der Waals surface area contributed by atoms with Crippen LogP contribution in [-0.2, 0) is 19.1 Å². The summed E-state index contributed by atoms with van der Waals surface area (Å²) >= 11 is 0. The maximum Gasteiger partial charge on any atom is 0.308 e. The van der Waals surface area contributed by atoms with Crippen molar-refractivity contribution >= 4 is 11.9 Å². The van der Waals surface area contributed by atoms with Gasteiger partial charge < -0.3 is 14.6 Å². The second-order valence-electron chi connectivity index (χ2n) is 13.8. The molecular weight excluding hydrogens is 560 g/mol. The highest BCUT2D eigenvalue weighted by Gasteiger charge is 2.21. The summed E-state index contributed by atoms with van der Waals surface area (Å²) < 4.78 is 12.0. The van der Waals surface area contributed by atoms with Gasteiger partial charge in [-0.15, -0.1) is 0 Å². The Morgan fingerprint density at radius 1 is 0.444 bits per heavy atom. The fourth-order valence-corrected chi connectivity index (χ4v) is 6.27. The summed E-state index contributed by atoms with van der Waals surface area (Å²) in [7, 11) is 0. The lowest BCUT2D eigenvalue weighted by Crippen LogP contribution is -2.26. The van der Waals surface area contributed by atoms with Crippen LogP contribution >= 0.6 is 0 Å². The van der Waals surface area contributed by atoms with Crippen LogP contribution in [-0.4, -0.2) is 35.9 Å². The fourth-order valence-electron chi connectivity index (χ4n) is 6.27. The number of carbonyl (C=O) groups is 2. The van der Waals surface area contributed by atoms with Gasteiger partial charge in [-0.2, -0.15) is 0 Å². The van der Waals surface area contributed by atoms with Crippen LogP contribution < -0.4 is 0 Å². The smallest absolute Gasteiger partial charge is 0.308 e. The minimum Gasteiger partial charge on any atom is -0.481 e. The van der Waals surface area contributed by atoms with Crippen LogP contribution in [0.5, 0.6) is 0 Å². The lowest BCUT2D eigenvalue weighted by atomic mass is 10.0. The Morgan fingerprint density at radius 3 is 1.16 bits per heavy atom. The third-order valence-corrected chi connectivity index (χ3v) is 9.21. The van der Waals surface area contributed by atoms with E-state index in [0.29, 0.717) is 13.0 Å². The first-order valence-electron chi connectivity index (χ1n) is 20.1. The lowest BCUT2D eigenvalue weighted by molar-refractivity contribution is -0.156. The molecule has 0 saturated carbocycles. The monoisotopic (exact) mass is 639 g/mol. The van der Waals surface area contributed by atoms with E-state index >= 15 is 0 Å². The van der Waals surface area contributed by atoms with Gasteiger partial charge in [0.2, 0.25) is 0 Å². The summed E-state index contributed by atoms with van der Waals surface area (Å²) in [5, 5.41) is 9.42. The van der Waals surface area contributed by atoms with Gasteiger partial charge in [0.15, 0.2) is 0 Å². The highest BCUT2D eigenvalue weighted by atomic mass is 16.5. The topological polar surface area (TPSA) is 72.8 Å². The van der Waals surface area contributed by atoms with E-state index in [9.17, 15) is 14.7 Å². The third-order valence-electron chi connectivity index (χ3n) is 9.21. The Morgan fingerprint density at radius 2 is 0.778 bits per heavy atom. The number of rotatable bonds is 37.